The van der Waals surface area contributed by atoms with E-state index in [1.807, 2.05) is 6.92 Å². The number of anilines is 1. The summed E-state index contributed by atoms with van der Waals surface area (Å²) in [5.74, 6) is 0.837. The van der Waals surface area contributed by atoms with E-state index in [1.54, 1.807) is 7.11 Å². The summed E-state index contributed by atoms with van der Waals surface area (Å²) in [4.78, 5) is 2.47. The van der Waals surface area contributed by atoms with Crippen molar-refractivity contribution in [2.24, 2.45) is 11.7 Å². The summed E-state index contributed by atoms with van der Waals surface area (Å²) in [7, 11) is 1.77. The maximum atomic E-state index is 5.91. The topological polar surface area (TPSA) is 38.5 Å². The molecule has 2 unspecified atom stereocenters. The zero-order chi connectivity index (χ0) is 15.4. The lowest BCUT2D eigenvalue weighted by Crippen LogP contribution is -2.37. The quantitative estimate of drug-likeness (QED) is 0.775. The van der Waals surface area contributed by atoms with Crippen LogP contribution >= 0.6 is 15.9 Å². The first-order valence-corrected chi connectivity index (χ1v) is 8.61. The second-order valence-corrected chi connectivity index (χ2v) is 7.08. The fraction of sp³-hybridized carbons (Fsp3) is 0.647. The summed E-state index contributed by atoms with van der Waals surface area (Å²) in [5, 5.41) is 0. The van der Waals surface area contributed by atoms with Crippen LogP contribution in [0.2, 0.25) is 0 Å². The molecule has 1 aliphatic carbocycles. The second kappa shape index (κ2) is 7.61. The number of rotatable bonds is 8. The number of nitrogens with zero attached hydrogens (tertiary/aromatic N) is 1. The minimum absolute atomic E-state index is 0.183. The van der Waals surface area contributed by atoms with Crippen molar-refractivity contribution in [3.05, 3.63) is 28.2 Å². The molecule has 0 bridgehead atoms. The number of hydrogen-bond donors (Lipinski definition) is 1. The summed E-state index contributed by atoms with van der Waals surface area (Å²) in [6.45, 7) is 6.07. The van der Waals surface area contributed by atoms with Crippen LogP contribution < -0.4 is 10.6 Å². The van der Waals surface area contributed by atoms with Crippen LogP contribution in [0.1, 0.15) is 32.3 Å². The Labute approximate surface area is 137 Å². The molecule has 2 atom stereocenters. The maximum absolute atomic E-state index is 5.91. The molecule has 0 aliphatic heterocycles. The van der Waals surface area contributed by atoms with E-state index in [9.17, 15) is 0 Å². The van der Waals surface area contributed by atoms with Crippen LogP contribution in [0.15, 0.2) is 22.7 Å². The van der Waals surface area contributed by atoms with Crippen molar-refractivity contribution in [2.75, 3.05) is 25.2 Å². The van der Waals surface area contributed by atoms with Gasteiger partial charge in [0, 0.05) is 35.9 Å². The van der Waals surface area contributed by atoms with Gasteiger partial charge in [-0.05, 0) is 56.7 Å². The Bertz CT molecular complexity index is 460. The molecule has 0 heterocycles. The molecular weight excluding hydrogens is 328 g/mol. The fourth-order valence-electron chi connectivity index (χ4n) is 2.82. The van der Waals surface area contributed by atoms with Crippen LogP contribution in [0.5, 0.6) is 0 Å². The molecule has 0 amide bonds. The first-order valence-electron chi connectivity index (χ1n) is 7.82. The van der Waals surface area contributed by atoms with E-state index < -0.39 is 0 Å². The molecular formula is C17H27BrN2O. The van der Waals surface area contributed by atoms with Crippen LogP contribution in [-0.4, -0.2) is 32.3 Å². The summed E-state index contributed by atoms with van der Waals surface area (Å²) >= 11 is 3.70. The summed E-state index contributed by atoms with van der Waals surface area (Å²) in [6.07, 6.45) is 3.61. The average molecular weight is 355 g/mol. The lowest BCUT2D eigenvalue weighted by molar-refractivity contribution is 0.202. The van der Waals surface area contributed by atoms with Gasteiger partial charge in [-0.1, -0.05) is 22.0 Å². The van der Waals surface area contributed by atoms with Gasteiger partial charge in [-0.15, -0.1) is 0 Å². The smallest absolute Gasteiger partial charge is 0.0637 e. The monoisotopic (exact) mass is 354 g/mol. The largest absolute Gasteiger partial charge is 0.383 e. The zero-order valence-electron chi connectivity index (χ0n) is 13.3. The van der Waals surface area contributed by atoms with Crippen molar-refractivity contribution in [1.29, 1.82) is 0 Å². The van der Waals surface area contributed by atoms with Gasteiger partial charge in [0.05, 0.1) is 6.61 Å². The molecule has 1 saturated carbocycles. The molecule has 0 aromatic heterocycles. The molecule has 118 valence electrons. The Morgan fingerprint density at radius 2 is 2.10 bits per heavy atom. The molecule has 1 aliphatic rings. The van der Waals surface area contributed by atoms with Crippen molar-refractivity contribution >= 4 is 21.6 Å². The van der Waals surface area contributed by atoms with Gasteiger partial charge < -0.3 is 15.4 Å². The lowest BCUT2D eigenvalue weighted by atomic mass is 10.1. The number of hydrogen-bond acceptors (Lipinski definition) is 3. The van der Waals surface area contributed by atoms with E-state index in [0.717, 1.165) is 30.0 Å². The highest BCUT2D eigenvalue weighted by Crippen LogP contribution is 2.37. The van der Waals surface area contributed by atoms with Gasteiger partial charge in [-0.3, -0.25) is 0 Å². The minimum atomic E-state index is 0.183. The summed E-state index contributed by atoms with van der Waals surface area (Å²) in [6, 6.07) is 7.40. The van der Waals surface area contributed by atoms with E-state index in [-0.39, 0.29) is 6.04 Å². The highest BCUT2D eigenvalue weighted by atomic mass is 79.9. The first-order chi connectivity index (χ1) is 10.0. The number of benzene rings is 1. The molecule has 21 heavy (non-hydrogen) atoms. The van der Waals surface area contributed by atoms with Gasteiger partial charge in [0.15, 0.2) is 0 Å². The molecule has 1 aromatic carbocycles. The van der Waals surface area contributed by atoms with Crippen molar-refractivity contribution in [2.45, 2.75) is 45.2 Å². The molecule has 2 rings (SSSR count). The second-order valence-electron chi connectivity index (χ2n) is 6.22. The van der Waals surface area contributed by atoms with Crippen LogP contribution in [-0.2, 0) is 11.2 Å². The Morgan fingerprint density at radius 1 is 1.38 bits per heavy atom. The number of halogens is 1. The molecule has 3 nitrogen and oxygen atoms in total. The lowest BCUT2D eigenvalue weighted by Gasteiger charge is -2.32. The molecule has 0 radical (unpaired) electrons. The zero-order valence-corrected chi connectivity index (χ0v) is 14.9. The summed E-state index contributed by atoms with van der Waals surface area (Å²) < 4.78 is 6.44. The van der Waals surface area contributed by atoms with Crippen LogP contribution in [0.3, 0.4) is 0 Å². The number of methoxy groups -OCH3 is 1. The van der Waals surface area contributed by atoms with Crippen LogP contribution in [0, 0.1) is 5.92 Å². The third-order valence-corrected chi connectivity index (χ3v) is 4.98. The predicted molar refractivity (Wildman–Crippen MR) is 92.9 cm³/mol. The highest BCUT2D eigenvalue weighted by molar-refractivity contribution is 9.10. The first kappa shape index (κ1) is 16.8. The SMILES string of the molecule is COCCN(c1ccc(CC(C)N)c(Br)c1)C(C)C1CC1. The Kier molecular flexibility index (Phi) is 6.08. The molecule has 4 heteroatoms. The van der Waals surface area contributed by atoms with Crippen molar-refractivity contribution in [3.8, 4) is 0 Å². The molecule has 2 N–H and O–H groups in total. The van der Waals surface area contributed by atoms with Gasteiger partial charge in [0.2, 0.25) is 0 Å². The van der Waals surface area contributed by atoms with E-state index in [2.05, 4.69) is 46.0 Å². The maximum Gasteiger partial charge on any atom is 0.0637 e. The fourth-order valence-corrected chi connectivity index (χ4v) is 3.35. The van der Waals surface area contributed by atoms with Crippen molar-refractivity contribution in [3.63, 3.8) is 0 Å². The van der Waals surface area contributed by atoms with Crippen LogP contribution in [0.25, 0.3) is 0 Å². The molecule has 0 saturated heterocycles. The van der Waals surface area contributed by atoms with Crippen molar-refractivity contribution < 1.29 is 4.74 Å². The Hall–Kier alpha value is -0.580. The average Bonchev–Trinajstić information content (AvgIpc) is 3.26. The van der Waals surface area contributed by atoms with E-state index in [4.69, 9.17) is 10.5 Å². The van der Waals surface area contributed by atoms with E-state index >= 15 is 0 Å². The van der Waals surface area contributed by atoms with Crippen molar-refractivity contribution in [1.82, 2.24) is 0 Å². The van der Waals surface area contributed by atoms with Gasteiger partial charge >= 0.3 is 0 Å². The number of nitrogens with two attached hydrogens (primary N) is 1. The third-order valence-electron chi connectivity index (χ3n) is 4.24. The standard InChI is InChI=1S/C17H27BrN2O/c1-12(19)10-15-6-7-16(11-17(15)18)20(8-9-21-3)13(2)14-4-5-14/h6-7,11-14H,4-5,8-10,19H2,1-3H3. The normalized spacial score (nSPS) is 17.6. The van der Waals surface area contributed by atoms with Gasteiger partial charge in [-0.25, -0.2) is 0 Å². The molecule has 0 spiro atoms. The van der Waals surface area contributed by atoms with Gasteiger partial charge in [0.1, 0.15) is 0 Å². The minimum Gasteiger partial charge on any atom is -0.383 e. The Morgan fingerprint density at radius 3 is 2.62 bits per heavy atom. The highest BCUT2D eigenvalue weighted by Gasteiger charge is 2.32. The van der Waals surface area contributed by atoms with Gasteiger partial charge in [0.25, 0.3) is 0 Å². The third kappa shape index (κ3) is 4.70. The van der Waals surface area contributed by atoms with Crippen LogP contribution in [0.4, 0.5) is 5.69 Å². The molecule has 1 aromatic rings. The van der Waals surface area contributed by atoms with E-state index in [0.29, 0.717) is 6.04 Å². The van der Waals surface area contributed by atoms with Gasteiger partial charge in [-0.2, -0.15) is 0 Å². The van der Waals surface area contributed by atoms with E-state index in [1.165, 1.54) is 24.1 Å². The summed E-state index contributed by atoms with van der Waals surface area (Å²) in [5.41, 5.74) is 8.45. The predicted octanol–water partition coefficient (Wildman–Crippen LogP) is 3.59. The number of ether oxygens (including phenoxy) is 1. The molecule has 1 fully saturated rings. The Balaban J connectivity index is 2.16.